The maximum absolute atomic E-state index is 12.5. The number of rotatable bonds is 4. The average molecular weight is 275 g/mol. The largest absolute Gasteiger partial charge is 0.395 e. The van der Waals surface area contributed by atoms with Crippen LogP contribution in [0.15, 0.2) is 12.1 Å². The van der Waals surface area contributed by atoms with E-state index in [0.717, 1.165) is 29.7 Å². The molecule has 2 rings (SSSR count). The minimum atomic E-state index is 0.130. The fraction of sp³-hybridized carbons (Fsp3) is 0.588. The molecular weight excluding hydrogens is 250 g/mol. The molecule has 0 radical (unpaired) electrons. The van der Waals surface area contributed by atoms with Crippen molar-refractivity contribution in [3.63, 3.8) is 0 Å². The monoisotopic (exact) mass is 275 g/mol. The molecule has 110 valence electrons. The lowest BCUT2D eigenvalue weighted by Crippen LogP contribution is -2.38. The zero-order valence-electron chi connectivity index (χ0n) is 12.9. The highest BCUT2D eigenvalue weighted by molar-refractivity contribution is 5.99. The summed E-state index contributed by atoms with van der Waals surface area (Å²) in [5, 5.41) is 9.47. The molecule has 1 N–H and O–H groups in total. The summed E-state index contributed by atoms with van der Waals surface area (Å²) < 4.78 is 0. The van der Waals surface area contributed by atoms with Gasteiger partial charge in [0.05, 0.1) is 13.2 Å². The molecule has 0 aliphatic carbocycles. The fourth-order valence-corrected chi connectivity index (χ4v) is 3.11. The minimum absolute atomic E-state index is 0.130. The van der Waals surface area contributed by atoms with Crippen molar-refractivity contribution in [2.45, 2.75) is 40.2 Å². The average Bonchev–Trinajstić information content (AvgIpc) is 2.74. The van der Waals surface area contributed by atoms with Gasteiger partial charge in [0.25, 0.3) is 0 Å². The van der Waals surface area contributed by atoms with E-state index in [1.54, 1.807) is 0 Å². The van der Waals surface area contributed by atoms with Crippen molar-refractivity contribution in [3.05, 3.63) is 34.4 Å². The smallest absolute Gasteiger partial charge is 0.177 e. The Labute approximate surface area is 121 Å². The van der Waals surface area contributed by atoms with E-state index < -0.39 is 0 Å². The zero-order valence-corrected chi connectivity index (χ0v) is 12.9. The number of hydrogen-bond donors (Lipinski definition) is 1. The molecule has 3 nitrogen and oxygen atoms in total. The third kappa shape index (κ3) is 2.94. The molecular formula is C17H25NO2. The van der Waals surface area contributed by atoms with E-state index in [2.05, 4.69) is 24.8 Å². The number of aliphatic hydroxyl groups is 1. The highest BCUT2D eigenvalue weighted by Gasteiger charge is 2.31. The van der Waals surface area contributed by atoms with Crippen molar-refractivity contribution in [1.29, 1.82) is 0 Å². The van der Waals surface area contributed by atoms with Crippen molar-refractivity contribution in [2.75, 3.05) is 19.7 Å². The normalized spacial score (nSPS) is 23.2. The standard InChI is InChI=1S/C17H25NO2/c1-11-5-6-18(16(11)10-19)9-17(20)15-8-13(3)12(2)7-14(15)4/h7-8,11,16,19H,5-6,9-10H2,1-4H3. The molecule has 1 saturated heterocycles. The Balaban J connectivity index is 2.15. The third-order valence-corrected chi connectivity index (χ3v) is 4.67. The van der Waals surface area contributed by atoms with Crippen LogP contribution < -0.4 is 0 Å². The molecule has 3 heteroatoms. The van der Waals surface area contributed by atoms with Crippen molar-refractivity contribution in [3.8, 4) is 0 Å². The van der Waals surface area contributed by atoms with E-state index in [-0.39, 0.29) is 18.4 Å². The summed E-state index contributed by atoms with van der Waals surface area (Å²) in [6.07, 6.45) is 1.06. The highest BCUT2D eigenvalue weighted by atomic mass is 16.3. The molecule has 20 heavy (non-hydrogen) atoms. The Hall–Kier alpha value is -1.19. The number of carbonyl (C=O) groups excluding carboxylic acids is 1. The lowest BCUT2D eigenvalue weighted by molar-refractivity contribution is 0.0865. The number of aliphatic hydroxyl groups excluding tert-OH is 1. The quantitative estimate of drug-likeness (QED) is 0.858. The first-order valence-corrected chi connectivity index (χ1v) is 7.40. The Kier molecular flexibility index (Phi) is 4.61. The molecule has 0 aromatic heterocycles. The second-order valence-electron chi connectivity index (χ2n) is 6.16. The maximum atomic E-state index is 12.5. The van der Waals surface area contributed by atoms with E-state index in [9.17, 15) is 9.90 Å². The van der Waals surface area contributed by atoms with Gasteiger partial charge >= 0.3 is 0 Å². The third-order valence-electron chi connectivity index (χ3n) is 4.67. The van der Waals surface area contributed by atoms with Gasteiger partial charge in [0, 0.05) is 11.6 Å². The van der Waals surface area contributed by atoms with Gasteiger partial charge in [0.15, 0.2) is 5.78 Å². The van der Waals surface area contributed by atoms with Gasteiger partial charge in [-0.2, -0.15) is 0 Å². The van der Waals surface area contributed by atoms with Crippen molar-refractivity contribution < 1.29 is 9.90 Å². The van der Waals surface area contributed by atoms with Crippen molar-refractivity contribution >= 4 is 5.78 Å². The van der Waals surface area contributed by atoms with Crippen LogP contribution in [0.25, 0.3) is 0 Å². The minimum Gasteiger partial charge on any atom is -0.395 e. The first kappa shape index (κ1) is 15.2. The number of benzene rings is 1. The fourth-order valence-electron chi connectivity index (χ4n) is 3.11. The number of nitrogens with zero attached hydrogens (tertiary/aromatic N) is 1. The van der Waals surface area contributed by atoms with Crippen LogP contribution in [0, 0.1) is 26.7 Å². The Bertz CT molecular complexity index is 510. The first-order valence-electron chi connectivity index (χ1n) is 7.40. The number of ketones is 1. The lowest BCUT2D eigenvalue weighted by atomic mass is 9.97. The number of likely N-dealkylation sites (tertiary alicyclic amines) is 1. The molecule has 1 aromatic rings. The maximum Gasteiger partial charge on any atom is 0.177 e. The molecule has 1 aliphatic heterocycles. The molecule has 0 amide bonds. The second-order valence-corrected chi connectivity index (χ2v) is 6.16. The summed E-state index contributed by atoms with van der Waals surface area (Å²) >= 11 is 0. The van der Waals surface area contributed by atoms with Crippen LogP contribution in [-0.4, -0.2) is 41.5 Å². The topological polar surface area (TPSA) is 40.5 Å². The highest BCUT2D eigenvalue weighted by Crippen LogP contribution is 2.24. The van der Waals surface area contributed by atoms with E-state index in [1.165, 1.54) is 5.56 Å². The van der Waals surface area contributed by atoms with Gasteiger partial charge in [-0.3, -0.25) is 9.69 Å². The van der Waals surface area contributed by atoms with Crippen molar-refractivity contribution in [2.24, 2.45) is 5.92 Å². The Morgan fingerprint density at radius 2 is 1.90 bits per heavy atom. The summed E-state index contributed by atoms with van der Waals surface area (Å²) in [7, 11) is 0. The molecule has 0 saturated carbocycles. The van der Waals surface area contributed by atoms with E-state index >= 15 is 0 Å². The number of Topliss-reactive ketones (excluding diaryl/α,β-unsaturated/α-hetero) is 1. The van der Waals surface area contributed by atoms with Crippen molar-refractivity contribution in [1.82, 2.24) is 4.90 Å². The van der Waals surface area contributed by atoms with Gasteiger partial charge < -0.3 is 5.11 Å². The predicted octanol–water partition coefficient (Wildman–Crippen LogP) is 2.50. The summed E-state index contributed by atoms with van der Waals surface area (Å²) in [5.74, 6) is 0.631. The number of hydrogen-bond acceptors (Lipinski definition) is 3. The molecule has 0 bridgehead atoms. The van der Waals surface area contributed by atoms with Gasteiger partial charge in [0.1, 0.15) is 0 Å². The number of carbonyl (C=O) groups is 1. The molecule has 0 spiro atoms. The van der Waals surface area contributed by atoms with Gasteiger partial charge in [-0.05, 0) is 62.4 Å². The van der Waals surface area contributed by atoms with Crippen LogP contribution in [0.4, 0.5) is 0 Å². The summed E-state index contributed by atoms with van der Waals surface area (Å²) in [6, 6.07) is 4.21. The molecule has 1 aliphatic rings. The van der Waals surface area contributed by atoms with Gasteiger partial charge in [-0.15, -0.1) is 0 Å². The van der Waals surface area contributed by atoms with Gasteiger partial charge in [-0.25, -0.2) is 0 Å². The van der Waals surface area contributed by atoms with Crippen LogP contribution in [0.1, 0.15) is 40.4 Å². The van der Waals surface area contributed by atoms with E-state index in [0.29, 0.717) is 12.5 Å². The summed E-state index contributed by atoms with van der Waals surface area (Å²) in [4.78, 5) is 14.7. The van der Waals surface area contributed by atoms with E-state index in [1.807, 2.05) is 19.9 Å². The molecule has 1 fully saturated rings. The molecule has 2 atom stereocenters. The Morgan fingerprint density at radius 3 is 2.55 bits per heavy atom. The van der Waals surface area contributed by atoms with Gasteiger partial charge in [0.2, 0.25) is 0 Å². The van der Waals surface area contributed by atoms with Crippen LogP contribution in [0.3, 0.4) is 0 Å². The van der Waals surface area contributed by atoms with Crippen LogP contribution in [-0.2, 0) is 0 Å². The van der Waals surface area contributed by atoms with Gasteiger partial charge in [-0.1, -0.05) is 13.0 Å². The summed E-state index contributed by atoms with van der Waals surface area (Å²) in [6.45, 7) is 9.71. The summed E-state index contributed by atoms with van der Waals surface area (Å²) in [5.41, 5.74) is 4.25. The Morgan fingerprint density at radius 1 is 1.25 bits per heavy atom. The number of aryl methyl sites for hydroxylation is 3. The van der Waals surface area contributed by atoms with Crippen LogP contribution in [0.2, 0.25) is 0 Å². The van der Waals surface area contributed by atoms with Crippen LogP contribution >= 0.6 is 0 Å². The second kappa shape index (κ2) is 6.06. The first-order chi connectivity index (χ1) is 9.43. The molecule has 1 aromatic carbocycles. The van der Waals surface area contributed by atoms with Crippen LogP contribution in [0.5, 0.6) is 0 Å². The SMILES string of the molecule is Cc1cc(C)c(C(=O)CN2CCC(C)C2CO)cc1C. The van der Waals surface area contributed by atoms with E-state index in [4.69, 9.17) is 0 Å². The lowest BCUT2D eigenvalue weighted by Gasteiger charge is -2.24. The molecule has 1 heterocycles. The zero-order chi connectivity index (χ0) is 14.9. The predicted molar refractivity (Wildman–Crippen MR) is 81.2 cm³/mol. The molecule has 2 unspecified atom stereocenters.